The van der Waals surface area contributed by atoms with Gasteiger partial charge in [-0.15, -0.1) is 0 Å². The first-order chi connectivity index (χ1) is 9.30. The molecule has 20 heavy (non-hydrogen) atoms. The van der Waals surface area contributed by atoms with Crippen LogP contribution in [0.25, 0.3) is 0 Å². The highest BCUT2D eigenvalue weighted by Crippen LogP contribution is 2.22. The first kappa shape index (κ1) is 16.5. The Balaban J connectivity index is 3.13. The molecule has 0 aliphatic carbocycles. The Hall–Kier alpha value is -1.60. The van der Waals surface area contributed by atoms with Crippen LogP contribution in [0.3, 0.4) is 0 Å². The molecule has 7 heteroatoms. The number of carbonyl (C=O) groups is 1. The third-order valence-electron chi connectivity index (χ3n) is 2.82. The molecule has 0 heterocycles. The molecule has 0 spiro atoms. The SMILES string of the molecule is CCCN(CC(=O)N(C)C)S(=O)(=O)c1ccccc1N. The molecule has 0 aliphatic heterocycles. The van der Waals surface area contributed by atoms with Gasteiger partial charge in [0, 0.05) is 20.6 Å². The van der Waals surface area contributed by atoms with Crippen LogP contribution >= 0.6 is 0 Å². The zero-order valence-electron chi connectivity index (χ0n) is 12.0. The molecule has 0 saturated carbocycles. The van der Waals surface area contributed by atoms with Crippen molar-refractivity contribution in [3.05, 3.63) is 24.3 Å². The number of benzene rings is 1. The minimum Gasteiger partial charge on any atom is -0.398 e. The molecule has 0 aliphatic rings. The van der Waals surface area contributed by atoms with E-state index in [-0.39, 0.29) is 29.6 Å². The number of sulfonamides is 1. The van der Waals surface area contributed by atoms with E-state index >= 15 is 0 Å². The average Bonchev–Trinajstić information content (AvgIpc) is 2.38. The van der Waals surface area contributed by atoms with Gasteiger partial charge >= 0.3 is 0 Å². The van der Waals surface area contributed by atoms with E-state index in [2.05, 4.69) is 0 Å². The van der Waals surface area contributed by atoms with Crippen molar-refractivity contribution >= 4 is 21.6 Å². The van der Waals surface area contributed by atoms with Crippen molar-refractivity contribution in [2.24, 2.45) is 0 Å². The second kappa shape index (κ2) is 6.71. The fourth-order valence-electron chi connectivity index (χ4n) is 1.68. The lowest BCUT2D eigenvalue weighted by Crippen LogP contribution is -2.40. The number of likely N-dealkylation sites (N-methyl/N-ethyl adjacent to an activating group) is 1. The predicted molar refractivity (Wildman–Crippen MR) is 78.6 cm³/mol. The Bertz CT molecular complexity index is 570. The number of nitrogens with two attached hydrogens (primary N) is 1. The molecule has 1 rings (SSSR count). The lowest BCUT2D eigenvalue weighted by molar-refractivity contribution is -0.128. The molecule has 0 atom stereocenters. The number of rotatable bonds is 6. The number of nitrogens with zero attached hydrogens (tertiary/aromatic N) is 2. The summed E-state index contributed by atoms with van der Waals surface area (Å²) in [6.07, 6.45) is 0.618. The van der Waals surface area contributed by atoms with Gasteiger partial charge in [-0.1, -0.05) is 19.1 Å². The minimum absolute atomic E-state index is 0.0417. The normalized spacial score (nSPS) is 11.6. The molecule has 1 amide bonds. The van der Waals surface area contributed by atoms with Gasteiger partial charge in [0.05, 0.1) is 12.2 Å². The second-order valence-electron chi connectivity index (χ2n) is 4.66. The van der Waals surface area contributed by atoms with E-state index < -0.39 is 10.0 Å². The molecule has 112 valence electrons. The second-order valence-corrected chi connectivity index (χ2v) is 6.57. The number of amides is 1. The third-order valence-corrected chi connectivity index (χ3v) is 4.74. The van der Waals surface area contributed by atoms with Crippen molar-refractivity contribution in [2.75, 3.05) is 32.9 Å². The van der Waals surface area contributed by atoms with Gasteiger partial charge in [0.15, 0.2) is 0 Å². The van der Waals surface area contributed by atoms with Crippen LogP contribution in [-0.4, -0.2) is 50.7 Å². The van der Waals surface area contributed by atoms with Crippen molar-refractivity contribution in [3.63, 3.8) is 0 Å². The van der Waals surface area contributed by atoms with Crippen LogP contribution in [-0.2, 0) is 14.8 Å². The molecule has 6 nitrogen and oxygen atoms in total. The Morgan fingerprint density at radius 3 is 2.35 bits per heavy atom. The van der Waals surface area contributed by atoms with E-state index in [1.165, 1.54) is 21.3 Å². The van der Waals surface area contributed by atoms with Gasteiger partial charge in [0.25, 0.3) is 0 Å². The highest BCUT2D eigenvalue weighted by atomic mass is 32.2. The summed E-state index contributed by atoms with van der Waals surface area (Å²) in [5, 5.41) is 0. The molecule has 0 saturated heterocycles. The number of nitrogen functional groups attached to an aromatic ring is 1. The van der Waals surface area contributed by atoms with E-state index in [9.17, 15) is 13.2 Å². The maximum atomic E-state index is 12.6. The molecule has 0 aromatic heterocycles. The average molecular weight is 299 g/mol. The summed E-state index contributed by atoms with van der Waals surface area (Å²) >= 11 is 0. The Kier molecular flexibility index (Phi) is 5.52. The van der Waals surface area contributed by atoms with Crippen molar-refractivity contribution in [1.29, 1.82) is 0 Å². The lowest BCUT2D eigenvalue weighted by atomic mass is 10.3. The molecule has 0 bridgehead atoms. The summed E-state index contributed by atoms with van der Waals surface area (Å²) < 4.78 is 26.3. The molecular weight excluding hydrogens is 278 g/mol. The minimum atomic E-state index is -3.76. The quantitative estimate of drug-likeness (QED) is 0.786. The highest BCUT2D eigenvalue weighted by molar-refractivity contribution is 7.89. The molecule has 1 aromatic carbocycles. The zero-order chi connectivity index (χ0) is 15.3. The van der Waals surface area contributed by atoms with E-state index in [0.29, 0.717) is 6.42 Å². The van der Waals surface area contributed by atoms with E-state index in [4.69, 9.17) is 5.73 Å². The molecule has 0 unspecified atom stereocenters. The third kappa shape index (κ3) is 3.71. The van der Waals surface area contributed by atoms with Gasteiger partial charge in [-0.3, -0.25) is 4.79 Å². The number of hydrogen-bond acceptors (Lipinski definition) is 4. The van der Waals surface area contributed by atoms with Crippen LogP contribution < -0.4 is 5.73 Å². The van der Waals surface area contributed by atoms with Crippen LogP contribution in [0.1, 0.15) is 13.3 Å². The summed E-state index contributed by atoms with van der Waals surface area (Å²) in [6, 6.07) is 6.27. The topological polar surface area (TPSA) is 83.7 Å². The number of anilines is 1. The van der Waals surface area contributed by atoms with Crippen molar-refractivity contribution in [2.45, 2.75) is 18.2 Å². The zero-order valence-corrected chi connectivity index (χ0v) is 12.9. The summed E-state index contributed by atoms with van der Waals surface area (Å²) in [5.41, 5.74) is 5.92. The highest BCUT2D eigenvalue weighted by Gasteiger charge is 2.27. The number of carbonyl (C=O) groups excluding carboxylic acids is 1. The van der Waals surface area contributed by atoms with Gasteiger partial charge in [-0.25, -0.2) is 8.42 Å². The maximum absolute atomic E-state index is 12.6. The van der Waals surface area contributed by atoms with Gasteiger partial charge in [0.2, 0.25) is 15.9 Å². The fourth-order valence-corrected chi connectivity index (χ4v) is 3.28. The molecular formula is C13H21N3O3S. The largest absolute Gasteiger partial charge is 0.398 e. The van der Waals surface area contributed by atoms with Crippen LogP contribution in [0.2, 0.25) is 0 Å². The van der Waals surface area contributed by atoms with Crippen molar-refractivity contribution < 1.29 is 13.2 Å². The molecule has 1 aromatic rings. The summed E-state index contributed by atoms with van der Waals surface area (Å²) in [4.78, 5) is 13.2. The van der Waals surface area contributed by atoms with Crippen LogP contribution in [0, 0.1) is 0 Å². The smallest absolute Gasteiger partial charge is 0.245 e. The predicted octanol–water partition coefficient (Wildman–Crippen LogP) is 0.758. The first-order valence-corrected chi connectivity index (χ1v) is 7.79. The summed E-state index contributed by atoms with van der Waals surface area (Å²) in [5.74, 6) is -0.267. The molecule has 0 fully saturated rings. The first-order valence-electron chi connectivity index (χ1n) is 6.35. The van der Waals surface area contributed by atoms with Gasteiger partial charge in [-0.05, 0) is 18.6 Å². The van der Waals surface area contributed by atoms with E-state index in [1.54, 1.807) is 26.2 Å². The van der Waals surface area contributed by atoms with Gasteiger partial charge in [0.1, 0.15) is 4.90 Å². The Morgan fingerprint density at radius 1 is 1.25 bits per heavy atom. The summed E-state index contributed by atoms with van der Waals surface area (Å²) in [6.45, 7) is 1.95. The van der Waals surface area contributed by atoms with E-state index in [1.807, 2.05) is 6.92 Å². The van der Waals surface area contributed by atoms with Crippen molar-refractivity contribution in [3.8, 4) is 0 Å². The van der Waals surface area contributed by atoms with Gasteiger partial charge in [-0.2, -0.15) is 4.31 Å². The lowest BCUT2D eigenvalue weighted by Gasteiger charge is -2.23. The molecule has 0 radical (unpaired) electrons. The van der Waals surface area contributed by atoms with Crippen LogP contribution in [0.5, 0.6) is 0 Å². The number of hydrogen-bond donors (Lipinski definition) is 1. The van der Waals surface area contributed by atoms with Gasteiger partial charge < -0.3 is 10.6 Å². The number of para-hydroxylation sites is 1. The van der Waals surface area contributed by atoms with Crippen LogP contribution in [0.15, 0.2) is 29.2 Å². The standard InChI is InChI=1S/C13H21N3O3S/c1-4-9-16(10-13(17)15(2)3)20(18,19)12-8-6-5-7-11(12)14/h5-8H,4,9-10,14H2,1-3H3. The van der Waals surface area contributed by atoms with Crippen molar-refractivity contribution in [1.82, 2.24) is 9.21 Å². The summed E-state index contributed by atoms with van der Waals surface area (Å²) in [7, 11) is -0.575. The molecule has 2 N–H and O–H groups in total. The van der Waals surface area contributed by atoms with E-state index in [0.717, 1.165) is 0 Å². The Labute approximate surface area is 120 Å². The van der Waals surface area contributed by atoms with Crippen LogP contribution in [0.4, 0.5) is 5.69 Å². The fraction of sp³-hybridized carbons (Fsp3) is 0.462. The Morgan fingerprint density at radius 2 is 1.85 bits per heavy atom. The monoisotopic (exact) mass is 299 g/mol. The maximum Gasteiger partial charge on any atom is 0.245 e.